The molecule has 6 nitrogen and oxygen atoms in total. The molecule has 0 bridgehead atoms. The summed E-state index contributed by atoms with van der Waals surface area (Å²) in [7, 11) is 1.69. The van der Waals surface area contributed by atoms with Crippen molar-refractivity contribution in [3.63, 3.8) is 0 Å². The average Bonchev–Trinajstić information content (AvgIpc) is 2.36. The second-order valence-electron chi connectivity index (χ2n) is 4.84. The number of ether oxygens (including phenoxy) is 1. The van der Waals surface area contributed by atoms with Crippen LogP contribution in [0.5, 0.6) is 0 Å². The first-order chi connectivity index (χ1) is 9.02. The molecule has 1 aromatic rings. The maximum Gasteiger partial charge on any atom is 0.315 e. The van der Waals surface area contributed by atoms with Gasteiger partial charge in [0.05, 0.1) is 17.1 Å². The Morgan fingerprint density at radius 2 is 2.00 bits per heavy atom. The molecule has 19 heavy (non-hydrogen) atoms. The van der Waals surface area contributed by atoms with Crippen LogP contribution in [0.2, 0.25) is 0 Å². The van der Waals surface area contributed by atoms with Crippen LogP contribution in [0.1, 0.15) is 13.8 Å². The van der Waals surface area contributed by atoms with Gasteiger partial charge in [0.1, 0.15) is 11.4 Å². The maximum atomic E-state index is 11.3. The van der Waals surface area contributed by atoms with E-state index in [0.717, 1.165) is 0 Å². The molecule has 0 radical (unpaired) electrons. The Morgan fingerprint density at radius 1 is 1.37 bits per heavy atom. The predicted molar refractivity (Wildman–Crippen MR) is 74.9 cm³/mol. The summed E-state index contributed by atoms with van der Waals surface area (Å²) >= 11 is 0. The van der Waals surface area contributed by atoms with E-state index in [1.165, 1.54) is 0 Å². The van der Waals surface area contributed by atoms with Gasteiger partial charge in [-0.2, -0.15) is 0 Å². The van der Waals surface area contributed by atoms with E-state index in [1.54, 1.807) is 19.2 Å². The summed E-state index contributed by atoms with van der Waals surface area (Å²) in [6.07, 6.45) is 0.142. The van der Waals surface area contributed by atoms with Gasteiger partial charge in [0.15, 0.2) is 0 Å². The fourth-order valence-electron chi connectivity index (χ4n) is 2.55. The van der Waals surface area contributed by atoms with E-state index in [2.05, 4.69) is 5.32 Å². The van der Waals surface area contributed by atoms with Gasteiger partial charge in [0, 0.05) is 20.1 Å². The molecule has 1 aromatic carbocycles. The molecule has 1 fully saturated rings. The van der Waals surface area contributed by atoms with Gasteiger partial charge in [0.2, 0.25) is 0 Å². The third-order valence-corrected chi connectivity index (χ3v) is 3.23. The molecule has 0 saturated carbocycles. The van der Waals surface area contributed by atoms with Gasteiger partial charge in [-0.05, 0) is 26.0 Å². The van der Waals surface area contributed by atoms with Crippen molar-refractivity contribution in [1.82, 2.24) is 0 Å². The Labute approximate surface area is 112 Å². The first kappa shape index (κ1) is 13.6. The van der Waals surface area contributed by atoms with Crippen LogP contribution in [-0.2, 0) is 4.74 Å². The first-order valence-corrected chi connectivity index (χ1v) is 6.38. The van der Waals surface area contributed by atoms with Gasteiger partial charge in [0.25, 0.3) is 0 Å². The van der Waals surface area contributed by atoms with Crippen molar-refractivity contribution < 1.29 is 9.66 Å². The minimum absolute atomic E-state index is 0.0709. The van der Waals surface area contributed by atoms with Crippen LogP contribution in [0.3, 0.4) is 0 Å². The third kappa shape index (κ3) is 2.78. The second-order valence-corrected chi connectivity index (χ2v) is 4.84. The molecule has 104 valence electrons. The molecule has 1 aliphatic rings. The van der Waals surface area contributed by atoms with Crippen LogP contribution in [0, 0.1) is 10.1 Å². The highest BCUT2D eigenvalue weighted by Crippen LogP contribution is 2.36. The lowest BCUT2D eigenvalue weighted by atomic mass is 10.1. The van der Waals surface area contributed by atoms with Crippen molar-refractivity contribution >= 4 is 17.1 Å². The zero-order valence-electron chi connectivity index (χ0n) is 11.4. The zero-order chi connectivity index (χ0) is 14.0. The van der Waals surface area contributed by atoms with E-state index in [1.807, 2.05) is 24.8 Å². The van der Waals surface area contributed by atoms with Gasteiger partial charge in [-0.3, -0.25) is 10.1 Å². The smallest absolute Gasteiger partial charge is 0.315 e. The number of nitro groups is 1. The highest BCUT2D eigenvalue weighted by molar-refractivity contribution is 5.77. The fourth-order valence-corrected chi connectivity index (χ4v) is 2.55. The van der Waals surface area contributed by atoms with Crippen molar-refractivity contribution in [2.24, 2.45) is 0 Å². The molecule has 0 amide bonds. The number of anilines is 2. The van der Waals surface area contributed by atoms with Crippen molar-refractivity contribution in [1.29, 1.82) is 0 Å². The third-order valence-electron chi connectivity index (χ3n) is 3.23. The van der Waals surface area contributed by atoms with E-state index in [9.17, 15) is 10.1 Å². The first-order valence-electron chi connectivity index (χ1n) is 6.38. The summed E-state index contributed by atoms with van der Waals surface area (Å²) in [4.78, 5) is 13.0. The quantitative estimate of drug-likeness (QED) is 0.670. The Bertz CT molecular complexity index is 468. The maximum absolute atomic E-state index is 11.3. The highest BCUT2D eigenvalue weighted by atomic mass is 16.6. The number of nitrogens with one attached hydrogen (secondary N) is 1. The molecule has 1 saturated heterocycles. The Morgan fingerprint density at radius 3 is 2.53 bits per heavy atom. The van der Waals surface area contributed by atoms with Gasteiger partial charge in [-0.15, -0.1) is 0 Å². The van der Waals surface area contributed by atoms with Crippen LogP contribution in [0.15, 0.2) is 18.2 Å². The van der Waals surface area contributed by atoms with Crippen LogP contribution in [0.4, 0.5) is 17.1 Å². The van der Waals surface area contributed by atoms with Crippen molar-refractivity contribution in [3.8, 4) is 0 Å². The molecule has 0 spiro atoms. The Hall–Kier alpha value is -1.82. The van der Waals surface area contributed by atoms with Gasteiger partial charge >= 0.3 is 5.69 Å². The molecule has 1 aliphatic heterocycles. The lowest BCUT2D eigenvalue weighted by Gasteiger charge is -2.36. The van der Waals surface area contributed by atoms with E-state index in [4.69, 9.17) is 4.74 Å². The Kier molecular flexibility index (Phi) is 3.90. The van der Waals surface area contributed by atoms with Gasteiger partial charge in [-0.25, -0.2) is 0 Å². The normalized spacial score (nSPS) is 23.2. The van der Waals surface area contributed by atoms with E-state index in [0.29, 0.717) is 24.5 Å². The lowest BCUT2D eigenvalue weighted by molar-refractivity contribution is -0.383. The molecule has 0 aliphatic carbocycles. The molecule has 0 aromatic heterocycles. The molecular weight excluding hydrogens is 246 g/mol. The Balaban J connectivity index is 2.41. The summed E-state index contributed by atoms with van der Waals surface area (Å²) in [5.74, 6) is 0. The minimum atomic E-state index is -0.327. The van der Waals surface area contributed by atoms with Crippen molar-refractivity contribution in [2.75, 3.05) is 30.4 Å². The molecule has 2 atom stereocenters. The van der Waals surface area contributed by atoms with Gasteiger partial charge in [-0.1, -0.05) is 6.07 Å². The average molecular weight is 265 g/mol. The number of hydrogen-bond acceptors (Lipinski definition) is 5. The highest BCUT2D eigenvalue weighted by Gasteiger charge is 2.28. The molecule has 1 heterocycles. The summed E-state index contributed by atoms with van der Waals surface area (Å²) < 4.78 is 5.67. The predicted octanol–water partition coefficient (Wildman–Crippen LogP) is 2.25. The van der Waals surface area contributed by atoms with E-state index in [-0.39, 0.29) is 22.8 Å². The number of nitro benzene ring substituents is 1. The van der Waals surface area contributed by atoms with E-state index < -0.39 is 0 Å². The van der Waals surface area contributed by atoms with Crippen LogP contribution in [-0.4, -0.2) is 37.3 Å². The monoisotopic (exact) mass is 265 g/mol. The fraction of sp³-hybridized carbons (Fsp3) is 0.538. The number of rotatable bonds is 3. The largest absolute Gasteiger partial charge is 0.382 e. The van der Waals surface area contributed by atoms with Crippen LogP contribution >= 0.6 is 0 Å². The SMILES string of the molecule is CNc1cccc(N2C[C@@H](C)O[C@@H](C)C2)c1[N+](=O)[O-]. The summed E-state index contributed by atoms with van der Waals surface area (Å²) in [5, 5.41) is 14.2. The van der Waals surface area contributed by atoms with Gasteiger partial charge < -0.3 is 15.0 Å². The molecule has 2 rings (SSSR count). The zero-order valence-corrected chi connectivity index (χ0v) is 11.4. The topological polar surface area (TPSA) is 67.6 Å². The summed E-state index contributed by atoms with van der Waals surface area (Å²) in [6.45, 7) is 5.30. The minimum Gasteiger partial charge on any atom is -0.382 e. The molecule has 0 unspecified atom stereocenters. The number of para-hydroxylation sites is 1. The second kappa shape index (κ2) is 5.44. The molecule has 1 N–H and O–H groups in total. The lowest BCUT2D eigenvalue weighted by Crippen LogP contribution is -2.45. The summed E-state index contributed by atoms with van der Waals surface area (Å²) in [6, 6.07) is 5.34. The molecule has 6 heteroatoms. The van der Waals surface area contributed by atoms with Crippen LogP contribution in [0.25, 0.3) is 0 Å². The standard InChI is InChI=1S/C13H19N3O3/c1-9-7-15(8-10(2)19-9)12-6-4-5-11(14-3)13(12)16(17)18/h4-6,9-10,14H,7-8H2,1-3H3/t9-,10+. The van der Waals surface area contributed by atoms with Crippen LogP contribution < -0.4 is 10.2 Å². The van der Waals surface area contributed by atoms with E-state index >= 15 is 0 Å². The number of benzene rings is 1. The number of nitrogens with zero attached hydrogens (tertiary/aromatic N) is 2. The van der Waals surface area contributed by atoms with Crippen molar-refractivity contribution in [2.45, 2.75) is 26.1 Å². The molecular formula is C13H19N3O3. The van der Waals surface area contributed by atoms with Crippen molar-refractivity contribution in [3.05, 3.63) is 28.3 Å². The number of hydrogen-bond donors (Lipinski definition) is 1. The summed E-state index contributed by atoms with van der Waals surface area (Å²) in [5.41, 5.74) is 1.32. The number of morpholine rings is 1.